The molecule has 0 bridgehead atoms. The van der Waals surface area contributed by atoms with Crippen molar-refractivity contribution in [3.05, 3.63) is 33.9 Å². The number of hydrogen-bond donors (Lipinski definition) is 0. The average molecular weight is 349 g/mol. The van der Waals surface area contributed by atoms with Gasteiger partial charge in [0.2, 0.25) is 5.91 Å². The van der Waals surface area contributed by atoms with Crippen molar-refractivity contribution in [2.45, 2.75) is 45.8 Å². The van der Waals surface area contributed by atoms with Crippen LogP contribution in [0.1, 0.15) is 39.2 Å². The van der Waals surface area contributed by atoms with Gasteiger partial charge in [-0.05, 0) is 30.9 Å². The highest BCUT2D eigenvalue weighted by Crippen LogP contribution is 2.35. The van der Waals surface area contributed by atoms with Gasteiger partial charge in [0.05, 0.1) is 15.9 Å². The molecule has 0 radical (unpaired) electrons. The Hall–Kier alpha value is -1.89. The number of rotatable bonds is 6. The summed E-state index contributed by atoms with van der Waals surface area (Å²) >= 11 is 1.49. The number of aryl methyl sites for hydroxylation is 1. The van der Waals surface area contributed by atoms with E-state index in [0.717, 1.165) is 18.4 Å². The zero-order chi connectivity index (χ0) is 17.9. The molecular formula is C17H23N3O3S. The molecule has 0 N–H and O–H groups in total. The minimum atomic E-state index is -0.417. The molecule has 0 aliphatic carbocycles. The van der Waals surface area contributed by atoms with E-state index < -0.39 is 4.92 Å². The van der Waals surface area contributed by atoms with E-state index in [9.17, 15) is 14.9 Å². The Bertz CT molecular complexity index is 673. The number of non-ortho nitro benzene ring substituents is 1. The van der Waals surface area contributed by atoms with E-state index in [1.54, 1.807) is 17.9 Å². The lowest BCUT2D eigenvalue weighted by molar-refractivity contribution is -0.384. The number of benzene rings is 1. The highest BCUT2D eigenvalue weighted by Gasteiger charge is 2.39. The van der Waals surface area contributed by atoms with Gasteiger partial charge in [-0.2, -0.15) is 0 Å². The number of nitro benzene ring substituents is 1. The third-order valence-corrected chi connectivity index (χ3v) is 5.44. The second-order valence-corrected chi connectivity index (χ2v) is 7.36. The Morgan fingerprint density at radius 1 is 1.42 bits per heavy atom. The van der Waals surface area contributed by atoms with Gasteiger partial charge in [0.25, 0.3) is 5.69 Å². The van der Waals surface area contributed by atoms with Crippen molar-refractivity contribution in [2.24, 2.45) is 10.9 Å². The zero-order valence-electron chi connectivity index (χ0n) is 14.5. The van der Waals surface area contributed by atoms with Crippen LogP contribution in [0.2, 0.25) is 0 Å². The molecule has 0 saturated carbocycles. The Morgan fingerprint density at radius 2 is 2.12 bits per heavy atom. The molecule has 1 unspecified atom stereocenters. The third-order valence-electron chi connectivity index (χ3n) is 3.92. The summed E-state index contributed by atoms with van der Waals surface area (Å²) in [6.07, 6.45) is 1.93. The molecule has 1 saturated heterocycles. The second kappa shape index (κ2) is 7.79. The predicted octanol–water partition coefficient (Wildman–Crippen LogP) is 4.29. The van der Waals surface area contributed by atoms with Crippen LogP contribution in [0.25, 0.3) is 0 Å². The van der Waals surface area contributed by atoms with Crippen LogP contribution in [0.15, 0.2) is 23.2 Å². The first-order valence-electron chi connectivity index (χ1n) is 8.17. The van der Waals surface area contributed by atoms with Crippen molar-refractivity contribution in [3.8, 4) is 0 Å². The van der Waals surface area contributed by atoms with Gasteiger partial charge >= 0.3 is 0 Å². The van der Waals surface area contributed by atoms with Gasteiger partial charge in [0, 0.05) is 18.7 Å². The van der Waals surface area contributed by atoms with Gasteiger partial charge in [0.15, 0.2) is 5.17 Å². The lowest BCUT2D eigenvalue weighted by Gasteiger charge is -2.16. The number of aliphatic imine (C=N–C) groups is 1. The summed E-state index contributed by atoms with van der Waals surface area (Å²) in [6.45, 7) is 8.62. The summed E-state index contributed by atoms with van der Waals surface area (Å²) in [5.41, 5.74) is 1.45. The number of amidine groups is 1. The van der Waals surface area contributed by atoms with Crippen molar-refractivity contribution in [2.75, 3.05) is 6.54 Å². The SMILES string of the molecule is CCCCN1C(=O)C(C(C)C)SC1=Nc1ccc([N+](=O)[O-])cc1C. The third kappa shape index (κ3) is 3.95. The van der Waals surface area contributed by atoms with Crippen LogP contribution in [-0.2, 0) is 4.79 Å². The molecule has 1 aliphatic rings. The standard InChI is InChI=1S/C17H23N3O3S/c1-5-6-9-19-16(21)15(11(2)3)24-17(19)18-14-8-7-13(20(22)23)10-12(14)4/h7-8,10-11,15H,5-6,9H2,1-4H3. The fraction of sp³-hybridized carbons (Fsp3) is 0.529. The van der Waals surface area contributed by atoms with Gasteiger partial charge < -0.3 is 0 Å². The highest BCUT2D eigenvalue weighted by molar-refractivity contribution is 8.15. The molecule has 1 fully saturated rings. The lowest BCUT2D eigenvalue weighted by Crippen LogP contribution is -2.34. The van der Waals surface area contributed by atoms with Crippen molar-refractivity contribution < 1.29 is 9.72 Å². The number of amides is 1. The highest BCUT2D eigenvalue weighted by atomic mass is 32.2. The summed E-state index contributed by atoms with van der Waals surface area (Å²) in [5, 5.41) is 11.4. The first kappa shape index (κ1) is 18.4. The van der Waals surface area contributed by atoms with Crippen molar-refractivity contribution in [1.82, 2.24) is 4.90 Å². The quantitative estimate of drug-likeness (QED) is 0.567. The molecule has 1 aromatic carbocycles. The minimum absolute atomic E-state index is 0.0505. The first-order chi connectivity index (χ1) is 11.3. The normalized spacial score (nSPS) is 19.5. The van der Waals surface area contributed by atoms with Crippen molar-refractivity contribution in [3.63, 3.8) is 0 Å². The fourth-order valence-corrected chi connectivity index (χ4v) is 3.67. The van der Waals surface area contributed by atoms with Crippen LogP contribution in [0.4, 0.5) is 11.4 Å². The van der Waals surface area contributed by atoms with Crippen molar-refractivity contribution >= 4 is 34.2 Å². The molecule has 1 aromatic rings. The number of thioether (sulfide) groups is 1. The predicted molar refractivity (Wildman–Crippen MR) is 97.8 cm³/mol. The van der Waals surface area contributed by atoms with Crippen LogP contribution in [0, 0.1) is 23.0 Å². The smallest absolute Gasteiger partial charge is 0.269 e. The Balaban J connectivity index is 2.34. The Labute approximate surface area is 146 Å². The van der Waals surface area contributed by atoms with Crippen molar-refractivity contribution in [1.29, 1.82) is 0 Å². The number of nitrogens with zero attached hydrogens (tertiary/aromatic N) is 3. The molecule has 1 aliphatic heterocycles. The summed E-state index contributed by atoms with van der Waals surface area (Å²) in [5.74, 6) is 0.346. The number of carbonyl (C=O) groups excluding carboxylic acids is 1. The van der Waals surface area contributed by atoms with Crippen LogP contribution < -0.4 is 0 Å². The molecule has 130 valence electrons. The topological polar surface area (TPSA) is 75.8 Å². The summed E-state index contributed by atoms with van der Waals surface area (Å²) < 4.78 is 0. The van der Waals surface area contributed by atoms with Gasteiger partial charge in [-0.25, -0.2) is 4.99 Å². The van der Waals surface area contributed by atoms with E-state index in [2.05, 4.69) is 11.9 Å². The molecule has 2 rings (SSSR count). The van der Waals surface area contributed by atoms with E-state index in [1.807, 2.05) is 13.8 Å². The Morgan fingerprint density at radius 3 is 2.67 bits per heavy atom. The molecule has 1 amide bonds. The molecule has 1 atom stereocenters. The number of unbranched alkanes of at least 4 members (excludes halogenated alkanes) is 1. The van der Waals surface area contributed by atoms with Crippen LogP contribution in [0.5, 0.6) is 0 Å². The maximum absolute atomic E-state index is 12.6. The van der Waals surface area contributed by atoms with E-state index in [1.165, 1.54) is 23.9 Å². The van der Waals surface area contributed by atoms with Crippen LogP contribution >= 0.6 is 11.8 Å². The number of carbonyl (C=O) groups is 1. The molecular weight excluding hydrogens is 326 g/mol. The zero-order valence-corrected chi connectivity index (χ0v) is 15.3. The maximum Gasteiger partial charge on any atom is 0.269 e. The first-order valence-corrected chi connectivity index (χ1v) is 9.04. The van der Waals surface area contributed by atoms with E-state index >= 15 is 0 Å². The minimum Gasteiger partial charge on any atom is -0.290 e. The van der Waals surface area contributed by atoms with Gasteiger partial charge in [-0.15, -0.1) is 0 Å². The van der Waals surface area contributed by atoms with Gasteiger partial charge in [-0.3, -0.25) is 19.8 Å². The molecule has 1 heterocycles. The van der Waals surface area contributed by atoms with Crippen LogP contribution in [0.3, 0.4) is 0 Å². The van der Waals surface area contributed by atoms with Gasteiger partial charge in [-0.1, -0.05) is 39.0 Å². The second-order valence-electron chi connectivity index (χ2n) is 6.25. The average Bonchev–Trinajstić information content (AvgIpc) is 2.83. The van der Waals surface area contributed by atoms with E-state index in [0.29, 0.717) is 17.4 Å². The molecule has 0 spiro atoms. The summed E-state index contributed by atoms with van der Waals surface area (Å²) in [4.78, 5) is 29.5. The lowest BCUT2D eigenvalue weighted by atomic mass is 10.1. The molecule has 7 heteroatoms. The monoisotopic (exact) mass is 349 g/mol. The molecule has 6 nitrogen and oxygen atoms in total. The van der Waals surface area contributed by atoms with E-state index in [4.69, 9.17) is 0 Å². The Kier molecular flexibility index (Phi) is 5.99. The maximum atomic E-state index is 12.6. The summed E-state index contributed by atoms with van der Waals surface area (Å²) in [7, 11) is 0. The number of hydrogen-bond acceptors (Lipinski definition) is 5. The number of nitro groups is 1. The largest absolute Gasteiger partial charge is 0.290 e. The summed E-state index contributed by atoms with van der Waals surface area (Å²) in [6, 6.07) is 4.60. The van der Waals surface area contributed by atoms with Gasteiger partial charge in [0.1, 0.15) is 0 Å². The van der Waals surface area contributed by atoms with Crippen LogP contribution in [-0.4, -0.2) is 32.7 Å². The fourth-order valence-electron chi connectivity index (χ4n) is 2.49. The molecule has 0 aromatic heterocycles. The molecule has 24 heavy (non-hydrogen) atoms. The van der Waals surface area contributed by atoms with E-state index in [-0.39, 0.29) is 22.8 Å².